The lowest BCUT2D eigenvalue weighted by molar-refractivity contribution is -0.161. The predicted octanol–water partition coefficient (Wildman–Crippen LogP) is -0.116. The zero-order chi connectivity index (χ0) is 19.3. The topological polar surface area (TPSA) is 119 Å². The number of carboxylic acids is 1. The van der Waals surface area contributed by atoms with Gasteiger partial charge in [0.05, 0.1) is 18.1 Å². The van der Waals surface area contributed by atoms with Gasteiger partial charge >= 0.3 is 5.97 Å². The Bertz CT molecular complexity index is 709. The Balaban J connectivity index is 1.40. The van der Waals surface area contributed by atoms with Crippen molar-refractivity contribution in [3.63, 3.8) is 0 Å². The van der Waals surface area contributed by atoms with E-state index >= 15 is 0 Å². The van der Waals surface area contributed by atoms with Gasteiger partial charge in [0.25, 0.3) is 0 Å². The van der Waals surface area contributed by atoms with Crippen molar-refractivity contribution in [2.24, 2.45) is 11.8 Å². The maximum atomic E-state index is 12.3. The summed E-state index contributed by atoms with van der Waals surface area (Å²) in [6, 6.07) is 0.0222. The largest absolute Gasteiger partial charge is 0.477 e. The third kappa shape index (κ3) is 3.25. The van der Waals surface area contributed by atoms with E-state index in [9.17, 15) is 24.6 Å². The number of fused-ring (bicyclic) bond motifs is 1. The molecule has 0 aromatic carbocycles. The van der Waals surface area contributed by atoms with Crippen LogP contribution in [-0.4, -0.2) is 69.4 Å². The molecule has 0 aliphatic carbocycles. The van der Waals surface area contributed by atoms with Crippen molar-refractivity contribution in [2.75, 3.05) is 13.1 Å². The maximum absolute atomic E-state index is 12.3. The van der Waals surface area contributed by atoms with E-state index in [1.54, 1.807) is 6.92 Å². The van der Waals surface area contributed by atoms with Gasteiger partial charge in [-0.25, -0.2) is 4.79 Å². The summed E-state index contributed by atoms with van der Waals surface area (Å²) < 4.78 is 0. The zero-order valence-corrected chi connectivity index (χ0v) is 16.0. The lowest BCUT2D eigenvalue weighted by Crippen LogP contribution is -2.61. The van der Waals surface area contributed by atoms with E-state index in [0.717, 1.165) is 37.3 Å². The molecule has 8 nitrogen and oxygen atoms in total. The third-order valence-electron chi connectivity index (χ3n) is 6.11. The van der Waals surface area contributed by atoms with Gasteiger partial charge in [0, 0.05) is 41.6 Å². The van der Waals surface area contributed by atoms with Crippen LogP contribution in [0, 0.1) is 11.8 Å². The molecule has 0 radical (unpaired) electrons. The van der Waals surface area contributed by atoms with E-state index in [2.05, 4.69) is 10.6 Å². The Labute approximate surface area is 161 Å². The molecule has 0 aromatic rings. The first-order chi connectivity index (χ1) is 12.9. The SMILES string of the molecule is C[C@@H](O)[C@H]1C(=O)N2C(C(=O)O)=C(S[C@@H]3CN[C@H](CC4CCNC4=O)C3)C[C@H]12. The second-order valence-electron chi connectivity index (χ2n) is 7.92. The zero-order valence-electron chi connectivity index (χ0n) is 15.2. The number of aliphatic carboxylic acids is 1. The summed E-state index contributed by atoms with van der Waals surface area (Å²) in [5, 5.41) is 26.0. The highest BCUT2D eigenvalue weighted by atomic mass is 32.2. The van der Waals surface area contributed by atoms with Crippen LogP contribution in [0.4, 0.5) is 0 Å². The first-order valence-corrected chi connectivity index (χ1v) is 10.4. The van der Waals surface area contributed by atoms with Crippen LogP contribution >= 0.6 is 11.8 Å². The summed E-state index contributed by atoms with van der Waals surface area (Å²) in [4.78, 5) is 37.9. The Morgan fingerprint density at radius 3 is 2.81 bits per heavy atom. The summed E-state index contributed by atoms with van der Waals surface area (Å²) >= 11 is 1.54. The van der Waals surface area contributed by atoms with Gasteiger partial charge < -0.3 is 25.7 Å². The van der Waals surface area contributed by atoms with Crippen molar-refractivity contribution in [2.45, 2.75) is 56.0 Å². The molecule has 3 fully saturated rings. The number of aliphatic hydroxyl groups excluding tert-OH is 1. The number of carbonyl (C=O) groups is 3. The second-order valence-corrected chi connectivity index (χ2v) is 9.31. The summed E-state index contributed by atoms with van der Waals surface area (Å²) in [5.74, 6) is -1.68. The fourth-order valence-electron chi connectivity index (χ4n) is 4.80. The number of amides is 2. The summed E-state index contributed by atoms with van der Waals surface area (Å²) in [7, 11) is 0. The van der Waals surface area contributed by atoms with Crippen LogP contribution in [0.2, 0.25) is 0 Å². The molecule has 1 unspecified atom stereocenters. The van der Waals surface area contributed by atoms with Crippen LogP contribution in [0.15, 0.2) is 10.6 Å². The molecule has 4 heterocycles. The van der Waals surface area contributed by atoms with Crippen molar-refractivity contribution < 1.29 is 24.6 Å². The summed E-state index contributed by atoms with van der Waals surface area (Å²) in [5.41, 5.74) is 0.0884. The standard InChI is InChI=1S/C18H25N3O5S/c1-8(22)14-12-6-13(15(18(25)26)21(12)17(14)24)27-11-5-10(20-7-11)4-9-2-3-19-16(9)23/h8-12,14,20,22H,2-7H2,1H3,(H,19,23)(H,25,26)/t8-,9?,10-,11+,12-,14-/m1/s1. The number of carbonyl (C=O) groups excluding carboxylic acids is 2. The second kappa shape index (κ2) is 7.10. The number of hydrogen-bond acceptors (Lipinski definition) is 6. The highest BCUT2D eigenvalue weighted by Crippen LogP contribution is 2.48. The van der Waals surface area contributed by atoms with E-state index in [-0.39, 0.29) is 40.8 Å². The molecular formula is C18H25N3O5S. The normalized spacial score (nSPS) is 36.7. The van der Waals surface area contributed by atoms with Crippen molar-refractivity contribution in [1.82, 2.24) is 15.5 Å². The lowest BCUT2D eigenvalue weighted by Gasteiger charge is -2.44. The van der Waals surface area contributed by atoms with Crippen LogP contribution in [0.1, 0.15) is 32.6 Å². The highest BCUT2D eigenvalue weighted by Gasteiger charge is 2.57. The molecule has 0 aromatic heterocycles. The number of β-lactam (4-membered cyclic amide) rings is 1. The fourth-order valence-corrected chi connectivity index (χ4v) is 6.28. The molecule has 4 rings (SSSR count). The van der Waals surface area contributed by atoms with Crippen LogP contribution in [0.25, 0.3) is 0 Å². The van der Waals surface area contributed by atoms with Gasteiger partial charge in [-0.3, -0.25) is 9.59 Å². The maximum Gasteiger partial charge on any atom is 0.353 e. The number of hydrogen-bond donors (Lipinski definition) is 4. The van der Waals surface area contributed by atoms with Gasteiger partial charge in [-0.1, -0.05) is 0 Å². The molecule has 4 N–H and O–H groups in total. The number of carboxylic acid groups (broad SMARTS) is 1. The van der Waals surface area contributed by atoms with E-state index in [1.807, 2.05) is 0 Å². The average Bonchev–Trinajstić information content (AvgIpc) is 3.27. The molecule has 148 valence electrons. The van der Waals surface area contributed by atoms with Crippen LogP contribution < -0.4 is 10.6 Å². The van der Waals surface area contributed by atoms with Crippen molar-refractivity contribution in [3.05, 3.63) is 10.6 Å². The van der Waals surface area contributed by atoms with Crippen molar-refractivity contribution in [1.29, 1.82) is 0 Å². The molecule has 0 spiro atoms. The van der Waals surface area contributed by atoms with Gasteiger partial charge in [-0.05, 0) is 26.2 Å². The first kappa shape index (κ1) is 18.8. The summed E-state index contributed by atoms with van der Waals surface area (Å²) in [6.45, 7) is 3.09. The van der Waals surface area contributed by atoms with Crippen LogP contribution in [0.3, 0.4) is 0 Å². The van der Waals surface area contributed by atoms with Gasteiger partial charge in [0.15, 0.2) is 0 Å². The molecule has 4 aliphatic rings. The van der Waals surface area contributed by atoms with E-state index in [4.69, 9.17) is 0 Å². The Morgan fingerprint density at radius 2 is 2.19 bits per heavy atom. The molecule has 4 aliphatic heterocycles. The molecule has 27 heavy (non-hydrogen) atoms. The number of rotatable bonds is 6. The van der Waals surface area contributed by atoms with Crippen LogP contribution in [-0.2, 0) is 14.4 Å². The van der Waals surface area contributed by atoms with Crippen molar-refractivity contribution >= 4 is 29.5 Å². The van der Waals surface area contributed by atoms with Crippen LogP contribution in [0.5, 0.6) is 0 Å². The fraction of sp³-hybridized carbons (Fsp3) is 0.722. The molecule has 3 saturated heterocycles. The number of thioether (sulfide) groups is 1. The number of aliphatic hydroxyl groups is 1. The van der Waals surface area contributed by atoms with Gasteiger partial charge in [-0.2, -0.15) is 0 Å². The first-order valence-electron chi connectivity index (χ1n) is 9.52. The molecule has 2 amide bonds. The van der Waals surface area contributed by atoms with Gasteiger partial charge in [0.2, 0.25) is 11.8 Å². The van der Waals surface area contributed by atoms with Gasteiger partial charge in [-0.15, -0.1) is 11.8 Å². The molecule has 9 heteroatoms. The number of nitrogens with zero attached hydrogens (tertiary/aromatic N) is 1. The molecule has 6 atom stereocenters. The van der Waals surface area contributed by atoms with E-state index < -0.39 is 18.0 Å². The Kier molecular flexibility index (Phi) is 4.94. The van der Waals surface area contributed by atoms with Crippen molar-refractivity contribution in [3.8, 4) is 0 Å². The number of nitrogens with one attached hydrogen (secondary N) is 2. The van der Waals surface area contributed by atoms with E-state index in [0.29, 0.717) is 6.42 Å². The minimum atomic E-state index is -1.08. The Morgan fingerprint density at radius 1 is 1.41 bits per heavy atom. The Hall–Kier alpha value is -1.58. The predicted molar refractivity (Wildman–Crippen MR) is 98.6 cm³/mol. The van der Waals surface area contributed by atoms with E-state index in [1.165, 1.54) is 16.7 Å². The highest BCUT2D eigenvalue weighted by molar-refractivity contribution is 8.03. The average molecular weight is 395 g/mol. The molecule has 0 bridgehead atoms. The lowest BCUT2D eigenvalue weighted by atomic mass is 9.83. The van der Waals surface area contributed by atoms with Gasteiger partial charge in [0.1, 0.15) is 5.70 Å². The molecule has 0 saturated carbocycles. The minimum absolute atomic E-state index is 0.0675. The monoisotopic (exact) mass is 395 g/mol. The minimum Gasteiger partial charge on any atom is -0.477 e. The third-order valence-corrected chi connectivity index (χ3v) is 7.45. The summed E-state index contributed by atoms with van der Waals surface area (Å²) in [6.07, 6.45) is 2.30. The molecular weight excluding hydrogens is 370 g/mol. The smallest absolute Gasteiger partial charge is 0.353 e. The quantitative estimate of drug-likeness (QED) is 0.463.